The quantitative estimate of drug-likeness (QED) is 0.518. The summed E-state index contributed by atoms with van der Waals surface area (Å²) in [4.78, 5) is 12.1. The van der Waals surface area contributed by atoms with Crippen LogP contribution in [0.3, 0.4) is 0 Å². The number of fused-ring (bicyclic) bond motifs is 1. The monoisotopic (exact) mass is 436 g/mol. The molecule has 1 aliphatic carbocycles. The van der Waals surface area contributed by atoms with Crippen molar-refractivity contribution >= 4 is 17.7 Å². The van der Waals surface area contributed by atoms with E-state index in [1.807, 2.05) is 35.9 Å². The van der Waals surface area contributed by atoms with E-state index in [9.17, 15) is 4.79 Å². The van der Waals surface area contributed by atoms with Gasteiger partial charge in [-0.1, -0.05) is 48.2 Å². The first-order valence-electron chi connectivity index (χ1n) is 10.8. The number of thioether (sulfide) groups is 1. The third-order valence-corrected chi connectivity index (χ3v) is 6.54. The Bertz CT molecular complexity index is 1020. The molecule has 0 saturated carbocycles. The molecule has 1 N–H and O–H groups in total. The van der Waals surface area contributed by atoms with E-state index in [2.05, 4.69) is 39.8 Å². The van der Waals surface area contributed by atoms with Crippen molar-refractivity contribution < 1.29 is 9.53 Å². The minimum atomic E-state index is -0.00390. The number of ether oxygens (including phenoxy) is 1. The molecule has 1 heterocycles. The van der Waals surface area contributed by atoms with Crippen molar-refractivity contribution in [3.05, 3.63) is 71.0 Å². The van der Waals surface area contributed by atoms with Crippen LogP contribution < -0.4 is 10.1 Å². The Morgan fingerprint density at radius 1 is 1.10 bits per heavy atom. The largest absolute Gasteiger partial charge is 0.486 e. The van der Waals surface area contributed by atoms with E-state index in [0.29, 0.717) is 24.1 Å². The molecule has 2 aromatic carbocycles. The fourth-order valence-corrected chi connectivity index (χ4v) is 4.48. The van der Waals surface area contributed by atoms with Gasteiger partial charge in [0, 0.05) is 13.6 Å². The van der Waals surface area contributed by atoms with Crippen LogP contribution in [0, 0.1) is 0 Å². The second kappa shape index (κ2) is 10.5. The summed E-state index contributed by atoms with van der Waals surface area (Å²) < 4.78 is 7.85. The Hall–Kier alpha value is -2.80. The summed E-state index contributed by atoms with van der Waals surface area (Å²) in [5.74, 6) is 1.92. The van der Waals surface area contributed by atoms with Crippen molar-refractivity contribution in [2.24, 2.45) is 7.05 Å². The molecule has 0 unspecified atom stereocenters. The van der Waals surface area contributed by atoms with Crippen LogP contribution in [-0.4, -0.2) is 33.0 Å². The van der Waals surface area contributed by atoms with Crippen LogP contribution in [-0.2, 0) is 37.7 Å². The molecule has 0 bridgehead atoms. The predicted molar refractivity (Wildman–Crippen MR) is 122 cm³/mol. The summed E-state index contributed by atoms with van der Waals surface area (Å²) >= 11 is 1.38. The van der Waals surface area contributed by atoms with Gasteiger partial charge in [0.2, 0.25) is 5.91 Å². The first-order valence-corrected chi connectivity index (χ1v) is 11.7. The van der Waals surface area contributed by atoms with E-state index < -0.39 is 0 Å². The molecule has 0 radical (unpaired) electrons. The molecule has 0 spiro atoms. The second-order valence-electron chi connectivity index (χ2n) is 7.76. The van der Waals surface area contributed by atoms with Gasteiger partial charge in [-0.3, -0.25) is 4.79 Å². The zero-order chi connectivity index (χ0) is 21.5. The number of rotatable bonds is 9. The highest BCUT2D eigenvalue weighted by Gasteiger charge is 2.13. The highest BCUT2D eigenvalue weighted by Crippen LogP contribution is 2.26. The van der Waals surface area contributed by atoms with Crippen molar-refractivity contribution in [1.29, 1.82) is 0 Å². The molecular weight excluding hydrogens is 408 g/mol. The normalized spacial score (nSPS) is 12.9. The van der Waals surface area contributed by atoms with Crippen LogP contribution in [0.25, 0.3) is 0 Å². The molecule has 7 heteroatoms. The molecular formula is C24H28N4O2S. The molecule has 31 heavy (non-hydrogen) atoms. The number of amides is 1. The van der Waals surface area contributed by atoms with Gasteiger partial charge in [-0.05, 0) is 60.9 Å². The maximum Gasteiger partial charge on any atom is 0.230 e. The molecule has 162 valence electrons. The van der Waals surface area contributed by atoms with Gasteiger partial charge in [-0.25, -0.2) is 0 Å². The lowest BCUT2D eigenvalue weighted by atomic mass is 9.92. The van der Waals surface area contributed by atoms with Crippen molar-refractivity contribution in [2.75, 3.05) is 12.3 Å². The highest BCUT2D eigenvalue weighted by molar-refractivity contribution is 7.99. The van der Waals surface area contributed by atoms with Crippen LogP contribution >= 0.6 is 11.8 Å². The lowest BCUT2D eigenvalue weighted by Crippen LogP contribution is -2.27. The zero-order valence-electron chi connectivity index (χ0n) is 17.8. The van der Waals surface area contributed by atoms with Gasteiger partial charge < -0.3 is 14.6 Å². The molecule has 0 saturated heterocycles. The lowest BCUT2D eigenvalue weighted by Gasteiger charge is -2.16. The van der Waals surface area contributed by atoms with Crippen molar-refractivity contribution in [3.63, 3.8) is 0 Å². The van der Waals surface area contributed by atoms with Crippen molar-refractivity contribution in [3.8, 4) is 5.75 Å². The first-order chi connectivity index (χ1) is 15.2. The fourth-order valence-electron chi connectivity index (χ4n) is 3.72. The smallest absolute Gasteiger partial charge is 0.230 e. The summed E-state index contributed by atoms with van der Waals surface area (Å²) in [7, 11) is 1.90. The zero-order valence-corrected chi connectivity index (χ0v) is 18.7. The number of carbonyl (C=O) groups excluding carboxylic acids is 1. The van der Waals surface area contributed by atoms with E-state index in [1.165, 1.54) is 47.7 Å². The minimum Gasteiger partial charge on any atom is -0.486 e. The molecule has 0 fully saturated rings. The Labute approximate surface area is 187 Å². The standard InChI is InChI=1S/C24H28N4O2S/c1-28-22(16-30-21-12-11-19-9-5-6-10-20(19)15-21)26-27-24(28)31-17-23(29)25-14-13-18-7-3-2-4-8-18/h2-4,7-8,11-12,15H,5-6,9-10,13-14,16-17H2,1H3,(H,25,29). The van der Waals surface area contributed by atoms with E-state index in [4.69, 9.17) is 4.74 Å². The number of hydrogen-bond acceptors (Lipinski definition) is 5. The maximum atomic E-state index is 12.1. The molecule has 0 atom stereocenters. The van der Waals surface area contributed by atoms with Gasteiger partial charge in [0.15, 0.2) is 11.0 Å². The summed E-state index contributed by atoms with van der Waals surface area (Å²) in [6.07, 6.45) is 5.65. The Morgan fingerprint density at radius 3 is 2.74 bits per heavy atom. The van der Waals surface area contributed by atoms with Gasteiger partial charge in [0.25, 0.3) is 0 Å². The number of carbonyl (C=O) groups is 1. The average Bonchev–Trinajstić information content (AvgIpc) is 3.16. The van der Waals surface area contributed by atoms with Gasteiger partial charge in [-0.2, -0.15) is 0 Å². The van der Waals surface area contributed by atoms with E-state index >= 15 is 0 Å². The number of nitrogens with zero attached hydrogens (tertiary/aromatic N) is 3. The van der Waals surface area contributed by atoms with Crippen LogP contribution in [0.1, 0.15) is 35.4 Å². The number of aryl methyl sites for hydroxylation is 2. The maximum absolute atomic E-state index is 12.1. The topological polar surface area (TPSA) is 69.0 Å². The molecule has 3 aromatic rings. The number of aromatic nitrogens is 3. The van der Waals surface area contributed by atoms with Crippen LogP contribution in [0.15, 0.2) is 53.7 Å². The Morgan fingerprint density at radius 2 is 1.90 bits per heavy atom. The Balaban J connectivity index is 1.23. The lowest BCUT2D eigenvalue weighted by molar-refractivity contribution is -0.118. The highest BCUT2D eigenvalue weighted by atomic mass is 32.2. The van der Waals surface area contributed by atoms with E-state index in [-0.39, 0.29) is 5.91 Å². The van der Waals surface area contributed by atoms with E-state index in [1.54, 1.807) is 0 Å². The number of hydrogen-bond donors (Lipinski definition) is 1. The predicted octanol–water partition coefficient (Wildman–Crippen LogP) is 3.72. The third-order valence-electron chi connectivity index (χ3n) is 5.52. The second-order valence-corrected chi connectivity index (χ2v) is 8.70. The summed E-state index contributed by atoms with van der Waals surface area (Å²) in [5.41, 5.74) is 4.06. The van der Waals surface area contributed by atoms with Crippen molar-refractivity contribution in [1.82, 2.24) is 20.1 Å². The van der Waals surface area contributed by atoms with Crippen molar-refractivity contribution in [2.45, 2.75) is 43.9 Å². The van der Waals surface area contributed by atoms with Gasteiger partial charge in [0.1, 0.15) is 12.4 Å². The summed E-state index contributed by atoms with van der Waals surface area (Å²) in [6, 6.07) is 16.5. The first kappa shape index (κ1) is 21.4. The third kappa shape index (κ3) is 5.88. The van der Waals surface area contributed by atoms with Crippen LogP contribution in [0.5, 0.6) is 5.75 Å². The molecule has 4 rings (SSSR count). The van der Waals surface area contributed by atoms with Gasteiger partial charge >= 0.3 is 0 Å². The number of benzene rings is 2. The van der Waals surface area contributed by atoms with Gasteiger partial charge in [-0.15, -0.1) is 10.2 Å². The van der Waals surface area contributed by atoms with E-state index in [0.717, 1.165) is 24.4 Å². The van der Waals surface area contributed by atoms with Gasteiger partial charge in [0.05, 0.1) is 5.75 Å². The SMILES string of the molecule is Cn1c(COc2ccc3c(c2)CCCC3)nnc1SCC(=O)NCCc1ccccc1. The molecule has 0 aliphatic heterocycles. The molecule has 6 nitrogen and oxygen atoms in total. The molecule has 1 amide bonds. The minimum absolute atomic E-state index is 0.00390. The molecule has 1 aromatic heterocycles. The summed E-state index contributed by atoms with van der Waals surface area (Å²) in [5, 5.41) is 12.1. The van der Waals surface area contributed by atoms with Crippen LogP contribution in [0.2, 0.25) is 0 Å². The Kier molecular flexibility index (Phi) is 7.25. The molecule has 1 aliphatic rings. The van der Waals surface area contributed by atoms with Crippen LogP contribution in [0.4, 0.5) is 0 Å². The summed E-state index contributed by atoms with van der Waals surface area (Å²) in [6.45, 7) is 0.980. The average molecular weight is 437 g/mol. The fraction of sp³-hybridized carbons (Fsp3) is 0.375. The number of nitrogens with one attached hydrogen (secondary N) is 1.